The van der Waals surface area contributed by atoms with Gasteiger partial charge in [-0.3, -0.25) is 4.79 Å². The van der Waals surface area contributed by atoms with Gasteiger partial charge in [-0.05, 0) is 6.42 Å². The van der Waals surface area contributed by atoms with Crippen LogP contribution in [-0.2, 0) is 9.53 Å². The second kappa shape index (κ2) is 6.66. The molecule has 1 atom stereocenters. The summed E-state index contributed by atoms with van der Waals surface area (Å²) >= 11 is 0. The molecule has 0 saturated heterocycles. The van der Waals surface area contributed by atoms with Crippen molar-refractivity contribution in [3.8, 4) is 6.07 Å². The minimum absolute atomic E-state index is 0.201. The topological polar surface area (TPSA) is 50.1 Å². The molecule has 68 valence electrons. The molecule has 3 heteroatoms. The first-order chi connectivity index (χ1) is 5.70. The maximum absolute atomic E-state index is 10.6. The fraction of sp³-hybridized carbons (Fsp3) is 0.778. The largest absolute Gasteiger partial charge is 0.461 e. The van der Waals surface area contributed by atoms with E-state index < -0.39 is 0 Å². The molecule has 0 saturated carbocycles. The molecule has 0 bridgehead atoms. The first-order valence-corrected chi connectivity index (χ1v) is 4.24. The van der Waals surface area contributed by atoms with E-state index in [1.54, 1.807) is 0 Å². The summed E-state index contributed by atoms with van der Waals surface area (Å²) in [4.78, 5) is 10.6. The highest BCUT2D eigenvalue weighted by Gasteiger charge is 2.09. The lowest BCUT2D eigenvalue weighted by molar-refractivity contribution is -0.146. The number of carbonyl (C=O) groups excluding carboxylic acids is 1. The van der Waals surface area contributed by atoms with E-state index in [1.807, 2.05) is 6.07 Å². The first kappa shape index (κ1) is 11.0. The van der Waals surface area contributed by atoms with Gasteiger partial charge in [-0.1, -0.05) is 19.8 Å². The Morgan fingerprint density at radius 3 is 2.75 bits per heavy atom. The Morgan fingerprint density at radius 1 is 1.67 bits per heavy atom. The third-order valence-corrected chi connectivity index (χ3v) is 1.53. The Hall–Kier alpha value is -1.04. The normalized spacial score (nSPS) is 11.8. The third-order valence-electron chi connectivity index (χ3n) is 1.53. The van der Waals surface area contributed by atoms with Gasteiger partial charge in [0.2, 0.25) is 0 Å². The summed E-state index contributed by atoms with van der Waals surface area (Å²) in [6.45, 7) is 3.44. The predicted molar refractivity (Wildman–Crippen MR) is 45.3 cm³/mol. The maximum atomic E-state index is 10.6. The van der Waals surface area contributed by atoms with Crippen molar-refractivity contribution in [2.75, 3.05) is 0 Å². The lowest BCUT2D eigenvalue weighted by Crippen LogP contribution is -2.15. The van der Waals surface area contributed by atoms with Gasteiger partial charge < -0.3 is 4.74 Å². The molecule has 0 radical (unpaired) electrons. The summed E-state index contributed by atoms with van der Waals surface area (Å²) in [6, 6.07) is 2.00. The molecule has 0 fully saturated rings. The van der Waals surface area contributed by atoms with Crippen LogP contribution in [0.1, 0.15) is 39.5 Å². The molecule has 0 spiro atoms. The Bertz CT molecular complexity index is 172. The van der Waals surface area contributed by atoms with Crippen molar-refractivity contribution >= 4 is 5.97 Å². The van der Waals surface area contributed by atoms with Crippen LogP contribution >= 0.6 is 0 Å². The van der Waals surface area contributed by atoms with Crippen molar-refractivity contribution in [1.82, 2.24) is 0 Å². The van der Waals surface area contributed by atoms with Crippen LogP contribution in [-0.4, -0.2) is 12.1 Å². The van der Waals surface area contributed by atoms with E-state index in [2.05, 4.69) is 6.92 Å². The number of hydrogen-bond acceptors (Lipinski definition) is 3. The minimum atomic E-state index is -0.300. The number of carbonyl (C=O) groups is 1. The first-order valence-electron chi connectivity index (χ1n) is 4.24. The van der Waals surface area contributed by atoms with E-state index in [1.165, 1.54) is 6.92 Å². The second-order valence-corrected chi connectivity index (χ2v) is 2.74. The molecule has 0 aromatic heterocycles. The molecule has 0 aliphatic heterocycles. The van der Waals surface area contributed by atoms with Crippen molar-refractivity contribution in [2.45, 2.75) is 45.6 Å². The highest BCUT2D eigenvalue weighted by Crippen LogP contribution is 2.08. The van der Waals surface area contributed by atoms with Crippen LogP contribution in [0.25, 0.3) is 0 Å². The molecule has 0 N–H and O–H groups in total. The van der Waals surface area contributed by atoms with Gasteiger partial charge in [-0.2, -0.15) is 5.26 Å². The van der Waals surface area contributed by atoms with Crippen LogP contribution in [0, 0.1) is 11.3 Å². The van der Waals surface area contributed by atoms with E-state index >= 15 is 0 Å². The monoisotopic (exact) mass is 169 g/mol. The summed E-state index contributed by atoms with van der Waals surface area (Å²) in [7, 11) is 0. The average molecular weight is 169 g/mol. The van der Waals surface area contributed by atoms with Crippen molar-refractivity contribution in [3.05, 3.63) is 0 Å². The quantitative estimate of drug-likeness (QED) is 0.591. The summed E-state index contributed by atoms with van der Waals surface area (Å²) in [5.74, 6) is -0.300. The van der Waals surface area contributed by atoms with E-state index in [-0.39, 0.29) is 12.1 Å². The number of esters is 1. The highest BCUT2D eigenvalue weighted by molar-refractivity contribution is 5.66. The molecule has 0 heterocycles. The van der Waals surface area contributed by atoms with Crippen LogP contribution in [0.15, 0.2) is 0 Å². The van der Waals surface area contributed by atoms with E-state index in [0.29, 0.717) is 6.42 Å². The van der Waals surface area contributed by atoms with Crippen LogP contribution in [0.4, 0.5) is 0 Å². The fourth-order valence-corrected chi connectivity index (χ4v) is 0.971. The van der Waals surface area contributed by atoms with Crippen LogP contribution in [0.2, 0.25) is 0 Å². The van der Waals surface area contributed by atoms with Gasteiger partial charge in [-0.25, -0.2) is 0 Å². The van der Waals surface area contributed by atoms with Gasteiger partial charge in [0, 0.05) is 6.92 Å². The van der Waals surface area contributed by atoms with Crippen LogP contribution < -0.4 is 0 Å². The smallest absolute Gasteiger partial charge is 0.302 e. The zero-order valence-electron chi connectivity index (χ0n) is 7.67. The zero-order valence-corrected chi connectivity index (χ0v) is 7.67. The third kappa shape index (κ3) is 5.72. The molecule has 3 nitrogen and oxygen atoms in total. The van der Waals surface area contributed by atoms with Gasteiger partial charge in [0.15, 0.2) is 0 Å². The van der Waals surface area contributed by atoms with E-state index in [9.17, 15) is 4.79 Å². The number of ether oxygens (including phenoxy) is 1. The Morgan fingerprint density at radius 2 is 2.33 bits per heavy atom. The fourth-order valence-electron chi connectivity index (χ4n) is 0.971. The molecule has 0 aliphatic rings. The SMILES string of the molecule is CCCC[C@@H](CC#N)OC(C)=O. The minimum Gasteiger partial charge on any atom is -0.461 e. The maximum Gasteiger partial charge on any atom is 0.302 e. The molecular formula is C9H15NO2. The number of rotatable bonds is 5. The average Bonchev–Trinajstić information content (AvgIpc) is 2.00. The Balaban J connectivity index is 3.71. The summed E-state index contributed by atoms with van der Waals surface area (Å²) in [5.41, 5.74) is 0. The van der Waals surface area contributed by atoms with Crippen LogP contribution in [0.5, 0.6) is 0 Å². The van der Waals surface area contributed by atoms with E-state index in [4.69, 9.17) is 10.00 Å². The number of nitrogens with zero attached hydrogens (tertiary/aromatic N) is 1. The molecular weight excluding hydrogens is 154 g/mol. The molecule has 0 aliphatic carbocycles. The molecule has 0 aromatic carbocycles. The number of nitriles is 1. The van der Waals surface area contributed by atoms with Gasteiger partial charge in [0.05, 0.1) is 12.5 Å². The molecule has 0 rings (SSSR count). The van der Waals surface area contributed by atoms with E-state index in [0.717, 1.165) is 19.3 Å². The zero-order chi connectivity index (χ0) is 9.40. The van der Waals surface area contributed by atoms with Gasteiger partial charge in [0.25, 0.3) is 0 Å². The standard InChI is InChI=1S/C9H15NO2/c1-3-4-5-9(6-7-10)12-8(2)11/h9H,3-6H2,1-2H3/t9-/m0/s1. The second-order valence-electron chi connectivity index (χ2n) is 2.74. The molecule has 0 amide bonds. The van der Waals surface area contributed by atoms with Crippen molar-refractivity contribution in [3.63, 3.8) is 0 Å². The van der Waals surface area contributed by atoms with Gasteiger partial charge in [0.1, 0.15) is 6.10 Å². The van der Waals surface area contributed by atoms with Gasteiger partial charge in [-0.15, -0.1) is 0 Å². The van der Waals surface area contributed by atoms with Gasteiger partial charge >= 0.3 is 5.97 Å². The summed E-state index contributed by atoms with van der Waals surface area (Å²) in [6.07, 6.45) is 2.96. The molecule has 0 unspecified atom stereocenters. The lowest BCUT2D eigenvalue weighted by atomic mass is 10.1. The predicted octanol–water partition coefficient (Wildman–Crippen LogP) is 2.02. The van der Waals surface area contributed by atoms with Crippen molar-refractivity contribution in [1.29, 1.82) is 5.26 Å². The van der Waals surface area contributed by atoms with Crippen LogP contribution in [0.3, 0.4) is 0 Å². The van der Waals surface area contributed by atoms with Crippen molar-refractivity contribution in [2.24, 2.45) is 0 Å². The number of hydrogen-bond donors (Lipinski definition) is 0. The highest BCUT2D eigenvalue weighted by atomic mass is 16.5. The lowest BCUT2D eigenvalue weighted by Gasteiger charge is -2.12. The van der Waals surface area contributed by atoms with Crippen molar-refractivity contribution < 1.29 is 9.53 Å². The summed E-state index contributed by atoms with van der Waals surface area (Å²) < 4.78 is 4.93. The number of unbranched alkanes of at least 4 members (excludes halogenated alkanes) is 1. The molecule has 12 heavy (non-hydrogen) atoms. The summed E-state index contributed by atoms with van der Waals surface area (Å²) in [5, 5.41) is 8.41. The molecule has 0 aromatic rings. The Kier molecular flexibility index (Phi) is 6.08. The Labute approximate surface area is 73.3 Å².